The predicted molar refractivity (Wildman–Crippen MR) is 93.6 cm³/mol. The molecule has 23 heavy (non-hydrogen) atoms. The quantitative estimate of drug-likeness (QED) is 0.771. The molecule has 3 nitrogen and oxygen atoms in total. The fourth-order valence-electron chi connectivity index (χ4n) is 2.66. The first kappa shape index (κ1) is 15.7. The lowest BCUT2D eigenvalue weighted by Crippen LogP contribution is -2.36. The van der Waals surface area contributed by atoms with Gasteiger partial charge >= 0.3 is 5.66 Å². The van der Waals surface area contributed by atoms with Gasteiger partial charge in [-0.25, -0.2) is 0 Å². The van der Waals surface area contributed by atoms with Gasteiger partial charge in [0.25, 0.3) is 0 Å². The zero-order chi connectivity index (χ0) is 16.3. The number of hydrogen-bond acceptors (Lipinski definition) is 2. The van der Waals surface area contributed by atoms with Crippen LogP contribution in [0.1, 0.15) is 11.1 Å². The average molecular weight is 343 g/mol. The Morgan fingerprint density at radius 1 is 1.09 bits per heavy atom. The van der Waals surface area contributed by atoms with Crippen LogP contribution in [0.15, 0.2) is 53.5 Å². The second kappa shape index (κ2) is 6.54. The largest absolute Gasteiger partial charge is 0.372 e. The summed E-state index contributed by atoms with van der Waals surface area (Å²) in [4.78, 5) is 4.40. The lowest BCUT2D eigenvalue weighted by atomic mass is 10.0. The number of hydrogen-bond donors (Lipinski definition) is 0. The van der Waals surface area contributed by atoms with Crippen LogP contribution in [0.4, 0.5) is 0 Å². The molecule has 0 N–H and O–H groups in total. The van der Waals surface area contributed by atoms with E-state index in [9.17, 15) is 5.26 Å². The standard InChI is InChI=1S/C18H14Cl2N3/c19-15-7-5-14(6-8-15)9-11-23-12-10-22-18(23,13-21)16-3-1-2-4-17(16)20/h1-8,10,12H,9,11H2/q+1. The molecule has 1 aliphatic heterocycles. The summed E-state index contributed by atoms with van der Waals surface area (Å²) in [6.07, 6.45) is 4.28. The van der Waals surface area contributed by atoms with Crippen molar-refractivity contribution in [2.24, 2.45) is 4.99 Å². The second-order valence-corrected chi connectivity index (χ2v) is 6.10. The van der Waals surface area contributed by atoms with E-state index < -0.39 is 5.66 Å². The van der Waals surface area contributed by atoms with Gasteiger partial charge in [0.2, 0.25) is 0 Å². The minimum Gasteiger partial charge on any atom is -0.199 e. The van der Waals surface area contributed by atoms with Crippen LogP contribution < -0.4 is 0 Å². The minimum atomic E-state index is -1.09. The first-order valence-corrected chi connectivity index (χ1v) is 7.97. The summed E-state index contributed by atoms with van der Waals surface area (Å²) in [7, 11) is 0. The molecule has 0 aliphatic carbocycles. The van der Waals surface area contributed by atoms with Crippen molar-refractivity contribution in [3.8, 4) is 6.07 Å². The molecule has 2 aromatic rings. The van der Waals surface area contributed by atoms with Gasteiger partial charge < -0.3 is 0 Å². The minimum absolute atomic E-state index is 0.540. The maximum atomic E-state index is 9.80. The molecule has 2 aromatic carbocycles. The number of halogens is 2. The maximum Gasteiger partial charge on any atom is 0.372 e. The van der Waals surface area contributed by atoms with E-state index in [0.717, 1.165) is 12.0 Å². The molecule has 0 fully saturated rings. The maximum absolute atomic E-state index is 9.80. The van der Waals surface area contributed by atoms with Crippen molar-refractivity contribution in [1.82, 2.24) is 0 Å². The van der Waals surface area contributed by atoms with Crippen molar-refractivity contribution in [3.63, 3.8) is 0 Å². The monoisotopic (exact) mass is 342 g/mol. The molecular weight excluding hydrogens is 329 g/mol. The Labute approximate surface area is 145 Å². The van der Waals surface area contributed by atoms with Crippen LogP contribution in [0.2, 0.25) is 10.0 Å². The van der Waals surface area contributed by atoms with Crippen molar-refractivity contribution in [2.45, 2.75) is 12.1 Å². The van der Waals surface area contributed by atoms with Gasteiger partial charge in [0.1, 0.15) is 0 Å². The normalized spacial score (nSPS) is 19.4. The first-order chi connectivity index (χ1) is 11.2. The Balaban J connectivity index is 1.86. The molecule has 1 heterocycles. The molecule has 1 unspecified atom stereocenters. The van der Waals surface area contributed by atoms with Crippen LogP contribution in [0.5, 0.6) is 0 Å². The van der Waals surface area contributed by atoms with Crippen LogP contribution in [-0.2, 0) is 12.1 Å². The Bertz CT molecular complexity index is 819. The van der Waals surface area contributed by atoms with E-state index in [-0.39, 0.29) is 0 Å². The smallest absolute Gasteiger partial charge is 0.199 e. The van der Waals surface area contributed by atoms with Crippen molar-refractivity contribution in [3.05, 3.63) is 69.7 Å². The topological polar surface area (TPSA) is 39.2 Å². The van der Waals surface area contributed by atoms with E-state index in [0.29, 0.717) is 22.2 Å². The van der Waals surface area contributed by atoms with Crippen molar-refractivity contribution >= 4 is 35.6 Å². The third-order valence-corrected chi connectivity index (χ3v) is 4.47. The Morgan fingerprint density at radius 2 is 1.83 bits per heavy atom. The SMILES string of the molecule is N#CC1(c2ccccc2Cl)N=CC=[N+]1CCc1ccc(Cl)cc1. The molecule has 0 aromatic heterocycles. The third-order valence-electron chi connectivity index (χ3n) is 3.88. The molecule has 3 rings (SSSR count). The molecule has 0 spiro atoms. The highest BCUT2D eigenvalue weighted by molar-refractivity contribution is 6.31. The Kier molecular flexibility index (Phi) is 4.47. The van der Waals surface area contributed by atoms with Crippen molar-refractivity contribution in [2.75, 3.05) is 6.54 Å². The summed E-state index contributed by atoms with van der Waals surface area (Å²) in [6, 6.07) is 17.4. The van der Waals surface area contributed by atoms with E-state index in [1.165, 1.54) is 0 Å². The van der Waals surface area contributed by atoms with Gasteiger partial charge in [-0.15, -0.1) is 0 Å². The molecule has 1 atom stereocenters. The van der Waals surface area contributed by atoms with Crippen LogP contribution >= 0.6 is 23.2 Å². The summed E-state index contributed by atoms with van der Waals surface area (Å²) >= 11 is 12.2. The zero-order valence-electron chi connectivity index (χ0n) is 12.3. The lowest BCUT2D eigenvalue weighted by molar-refractivity contribution is -0.590. The van der Waals surface area contributed by atoms with Crippen LogP contribution in [0.25, 0.3) is 0 Å². The van der Waals surface area contributed by atoms with Gasteiger partial charge in [0, 0.05) is 11.4 Å². The highest BCUT2D eigenvalue weighted by atomic mass is 35.5. The average Bonchev–Trinajstić information content (AvgIpc) is 2.99. The first-order valence-electron chi connectivity index (χ1n) is 7.22. The molecular formula is C18H14Cl2N3+. The van der Waals surface area contributed by atoms with Crippen LogP contribution in [-0.4, -0.2) is 23.5 Å². The van der Waals surface area contributed by atoms with E-state index in [4.69, 9.17) is 23.2 Å². The van der Waals surface area contributed by atoms with E-state index in [1.54, 1.807) is 12.3 Å². The number of aliphatic imine (C=N–C) groups is 1. The Hall–Kier alpha value is -2.15. The molecule has 0 saturated carbocycles. The summed E-state index contributed by atoms with van der Waals surface area (Å²) in [6.45, 7) is 0.653. The molecule has 0 amide bonds. The van der Waals surface area contributed by atoms with E-state index in [1.807, 2.05) is 53.3 Å². The summed E-state index contributed by atoms with van der Waals surface area (Å²) in [5.74, 6) is 0. The molecule has 0 bridgehead atoms. The highest BCUT2D eigenvalue weighted by Crippen LogP contribution is 2.33. The van der Waals surface area contributed by atoms with E-state index in [2.05, 4.69) is 11.1 Å². The van der Waals surface area contributed by atoms with Gasteiger partial charge in [0.15, 0.2) is 18.8 Å². The molecule has 0 saturated heterocycles. The van der Waals surface area contributed by atoms with Crippen molar-refractivity contribution in [1.29, 1.82) is 5.26 Å². The molecule has 114 valence electrons. The molecule has 1 aliphatic rings. The zero-order valence-corrected chi connectivity index (χ0v) is 13.8. The number of benzene rings is 2. The summed E-state index contributed by atoms with van der Waals surface area (Å²) < 4.78 is 1.92. The van der Waals surface area contributed by atoms with Gasteiger partial charge in [-0.05, 0) is 29.8 Å². The fraction of sp³-hybridized carbons (Fsp3) is 0.167. The van der Waals surface area contributed by atoms with Crippen LogP contribution in [0, 0.1) is 11.3 Å². The summed E-state index contributed by atoms with van der Waals surface area (Å²) in [5.41, 5.74) is 0.760. The lowest BCUT2D eigenvalue weighted by Gasteiger charge is -2.18. The number of nitrogens with zero attached hydrogens (tertiary/aromatic N) is 3. The predicted octanol–water partition coefficient (Wildman–Crippen LogP) is 4.08. The van der Waals surface area contributed by atoms with Gasteiger partial charge in [-0.3, -0.25) is 0 Å². The highest BCUT2D eigenvalue weighted by Gasteiger charge is 2.47. The third kappa shape index (κ3) is 3.01. The van der Waals surface area contributed by atoms with Crippen molar-refractivity contribution < 1.29 is 4.58 Å². The van der Waals surface area contributed by atoms with Crippen LogP contribution in [0.3, 0.4) is 0 Å². The molecule has 5 heteroatoms. The summed E-state index contributed by atoms with van der Waals surface area (Å²) in [5, 5.41) is 11.1. The van der Waals surface area contributed by atoms with E-state index >= 15 is 0 Å². The second-order valence-electron chi connectivity index (χ2n) is 5.26. The fourth-order valence-corrected chi connectivity index (χ4v) is 3.06. The van der Waals surface area contributed by atoms with Gasteiger partial charge in [-0.1, -0.05) is 47.5 Å². The molecule has 0 radical (unpaired) electrons. The van der Waals surface area contributed by atoms with Gasteiger partial charge in [-0.2, -0.15) is 14.8 Å². The Morgan fingerprint density at radius 3 is 2.52 bits per heavy atom. The number of rotatable bonds is 4. The number of nitriles is 1. The van der Waals surface area contributed by atoms with Gasteiger partial charge in [0.05, 0.1) is 16.8 Å².